The Labute approximate surface area is 145 Å². The van der Waals surface area contributed by atoms with Crippen LogP contribution in [0.4, 0.5) is 10.5 Å². The number of benzene rings is 1. The maximum Gasteiger partial charge on any atom is 0.319 e. The van der Waals surface area contributed by atoms with Crippen LogP contribution in [0.25, 0.3) is 11.3 Å². The number of carbonyl (C=O) groups is 1. The first kappa shape index (κ1) is 16.6. The average molecular weight is 337 g/mol. The summed E-state index contributed by atoms with van der Waals surface area (Å²) < 4.78 is 10.5. The number of amides is 2. The molecule has 2 amide bonds. The Morgan fingerprint density at radius 3 is 2.80 bits per heavy atom. The number of aromatic nitrogens is 1. The van der Waals surface area contributed by atoms with Crippen molar-refractivity contribution in [2.45, 2.75) is 13.5 Å². The van der Waals surface area contributed by atoms with Gasteiger partial charge in [-0.25, -0.2) is 4.79 Å². The van der Waals surface area contributed by atoms with E-state index < -0.39 is 0 Å². The quantitative estimate of drug-likeness (QED) is 0.711. The van der Waals surface area contributed by atoms with Crippen molar-refractivity contribution in [3.63, 3.8) is 0 Å². The maximum atomic E-state index is 12.1. The molecule has 6 heteroatoms. The number of anilines is 1. The van der Waals surface area contributed by atoms with Crippen LogP contribution in [0.5, 0.6) is 5.75 Å². The summed E-state index contributed by atoms with van der Waals surface area (Å²) in [6.45, 7) is 2.81. The largest absolute Gasteiger partial charge is 0.492 e. The van der Waals surface area contributed by atoms with Gasteiger partial charge in [0.25, 0.3) is 0 Å². The monoisotopic (exact) mass is 337 g/mol. The Morgan fingerprint density at radius 1 is 1.20 bits per heavy atom. The third-order valence-electron chi connectivity index (χ3n) is 3.53. The summed E-state index contributed by atoms with van der Waals surface area (Å²) in [7, 11) is 0. The number of nitrogens with zero attached hydrogens (tertiary/aromatic N) is 1. The van der Waals surface area contributed by atoms with E-state index >= 15 is 0 Å². The Kier molecular flexibility index (Phi) is 5.31. The van der Waals surface area contributed by atoms with Crippen molar-refractivity contribution in [2.75, 3.05) is 11.9 Å². The van der Waals surface area contributed by atoms with E-state index in [-0.39, 0.29) is 6.03 Å². The summed E-state index contributed by atoms with van der Waals surface area (Å²) in [4.78, 5) is 16.5. The first-order valence-electron chi connectivity index (χ1n) is 8.00. The van der Waals surface area contributed by atoms with Crippen LogP contribution in [0.15, 0.2) is 65.6 Å². The number of furan rings is 1. The first-order valence-corrected chi connectivity index (χ1v) is 8.00. The zero-order valence-corrected chi connectivity index (χ0v) is 13.9. The van der Waals surface area contributed by atoms with Gasteiger partial charge in [0.1, 0.15) is 5.75 Å². The van der Waals surface area contributed by atoms with Gasteiger partial charge in [0.05, 0.1) is 30.5 Å². The van der Waals surface area contributed by atoms with Gasteiger partial charge in [0.2, 0.25) is 0 Å². The summed E-state index contributed by atoms with van der Waals surface area (Å²) in [6, 6.07) is 12.7. The molecule has 0 aliphatic carbocycles. The normalized spacial score (nSPS) is 10.3. The molecule has 25 heavy (non-hydrogen) atoms. The summed E-state index contributed by atoms with van der Waals surface area (Å²) in [5.41, 5.74) is 3.29. The summed E-state index contributed by atoms with van der Waals surface area (Å²) >= 11 is 0. The molecule has 0 atom stereocenters. The lowest BCUT2D eigenvalue weighted by Crippen LogP contribution is -2.28. The van der Waals surface area contributed by atoms with Gasteiger partial charge in [-0.15, -0.1) is 0 Å². The van der Waals surface area contributed by atoms with Crippen molar-refractivity contribution in [1.82, 2.24) is 10.3 Å². The number of rotatable bonds is 6. The molecule has 0 unspecified atom stereocenters. The molecule has 6 nitrogen and oxygen atoms in total. The van der Waals surface area contributed by atoms with Crippen LogP contribution in [0.1, 0.15) is 12.5 Å². The van der Waals surface area contributed by atoms with E-state index in [2.05, 4.69) is 15.6 Å². The molecule has 0 aliphatic heterocycles. The molecule has 0 saturated carbocycles. The first-order chi connectivity index (χ1) is 12.3. The Bertz CT molecular complexity index is 814. The number of carbonyl (C=O) groups excluding carboxylic acids is 1. The van der Waals surface area contributed by atoms with E-state index in [1.807, 2.05) is 43.3 Å². The van der Waals surface area contributed by atoms with Gasteiger partial charge in [0, 0.05) is 18.3 Å². The predicted molar refractivity (Wildman–Crippen MR) is 95.4 cm³/mol. The van der Waals surface area contributed by atoms with Gasteiger partial charge in [0.15, 0.2) is 0 Å². The van der Waals surface area contributed by atoms with Crippen molar-refractivity contribution in [2.24, 2.45) is 0 Å². The number of hydrogen-bond acceptors (Lipinski definition) is 4. The molecular weight excluding hydrogens is 318 g/mol. The minimum absolute atomic E-state index is 0.300. The second-order valence-electron chi connectivity index (χ2n) is 5.30. The molecule has 1 aromatic carbocycles. The highest BCUT2D eigenvalue weighted by molar-refractivity contribution is 5.90. The van der Waals surface area contributed by atoms with Gasteiger partial charge in [-0.05, 0) is 36.8 Å². The molecule has 2 aromatic heterocycles. The van der Waals surface area contributed by atoms with Crippen LogP contribution in [0, 0.1) is 0 Å². The van der Waals surface area contributed by atoms with Crippen LogP contribution >= 0.6 is 0 Å². The Morgan fingerprint density at radius 2 is 2.08 bits per heavy atom. The minimum Gasteiger partial charge on any atom is -0.492 e. The van der Waals surface area contributed by atoms with E-state index in [1.165, 1.54) is 0 Å². The van der Waals surface area contributed by atoms with Crippen molar-refractivity contribution in [3.05, 3.63) is 66.8 Å². The number of para-hydroxylation sites is 2. The molecule has 2 N–H and O–H groups in total. The van der Waals surface area contributed by atoms with E-state index in [0.717, 1.165) is 16.8 Å². The Hall–Kier alpha value is -3.28. The molecule has 128 valence electrons. The smallest absolute Gasteiger partial charge is 0.319 e. The van der Waals surface area contributed by atoms with Crippen molar-refractivity contribution >= 4 is 11.7 Å². The van der Waals surface area contributed by atoms with Crippen LogP contribution in [0.3, 0.4) is 0 Å². The van der Waals surface area contributed by atoms with E-state index in [9.17, 15) is 4.79 Å². The van der Waals surface area contributed by atoms with Crippen molar-refractivity contribution in [1.29, 1.82) is 0 Å². The zero-order valence-electron chi connectivity index (χ0n) is 13.9. The highest BCUT2D eigenvalue weighted by Gasteiger charge is 2.07. The van der Waals surface area contributed by atoms with Crippen LogP contribution in [-0.4, -0.2) is 17.6 Å². The zero-order chi connectivity index (χ0) is 17.5. The van der Waals surface area contributed by atoms with E-state index in [1.54, 1.807) is 24.8 Å². The SMILES string of the molecule is CCOc1ccccc1NC(=O)NCc1ccc(-c2ccoc2)nc1. The lowest BCUT2D eigenvalue weighted by molar-refractivity contribution is 0.251. The van der Waals surface area contributed by atoms with Gasteiger partial charge in [-0.2, -0.15) is 0 Å². The molecule has 0 aliphatic rings. The molecule has 0 radical (unpaired) electrons. The van der Waals surface area contributed by atoms with Gasteiger partial charge in [-0.3, -0.25) is 4.98 Å². The van der Waals surface area contributed by atoms with E-state index in [0.29, 0.717) is 24.6 Å². The lowest BCUT2D eigenvalue weighted by atomic mass is 10.2. The predicted octanol–water partition coefficient (Wildman–Crippen LogP) is 4.06. The number of nitrogens with one attached hydrogen (secondary N) is 2. The molecule has 0 saturated heterocycles. The molecule has 0 spiro atoms. The second kappa shape index (κ2) is 8.01. The fraction of sp³-hybridized carbons (Fsp3) is 0.158. The fourth-order valence-corrected chi connectivity index (χ4v) is 2.31. The summed E-state index contributed by atoms with van der Waals surface area (Å²) in [5.74, 6) is 0.645. The van der Waals surface area contributed by atoms with E-state index in [4.69, 9.17) is 9.15 Å². The molecule has 0 fully saturated rings. The van der Waals surface area contributed by atoms with Gasteiger partial charge < -0.3 is 19.8 Å². The Balaban J connectivity index is 1.56. The second-order valence-corrected chi connectivity index (χ2v) is 5.30. The third-order valence-corrected chi connectivity index (χ3v) is 3.53. The number of pyridine rings is 1. The van der Waals surface area contributed by atoms with Crippen molar-refractivity contribution in [3.8, 4) is 17.0 Å². The summed E-state index contributed by atoms with van der Waals surface area (Å²) in [5, 5.41) is 5.60. The molecule has 2 heterocycles. The van der Waals surface area contributed by atoms with Crippen LogP contribution in [0.2, 0.25) is 0 Å². The highest BCUT2D eigenvalue weighted by atomic mass is 16.5. The van der Waals surface area contributed by atoms with Gasteiger partial charge >= 0.3 is 6.03 Å². The number of ether oxygens (including phenoxy) is 1. The third kappa shape index (κ3) is 4.38. The average Bonchev–Trinajstić information content (AvgIpc) is 3.17. The number of hydrogen-bond donors (Lipinski definition) is 2. The number of urea groups is 1. The fourth-order valence-electron chi connectivity index (χ4n) is 2.31. The van der Waals surface area contributed by atoms with Crippen LogP contribution in [-0.2, 0) is 6.54 Å². The molecule has 0 bridgehead atoms. The van der Waals surface area contributed by atoms with Crippen molar-refractivity contribution < 1.29 is 13.9 Å². The topological polar surface area (TPSA) is 76.4 Å². The van der Waals surface area contributed by atoms with Crippen LogP contribution < -0.4 is 15.4 Å². The molecule has 3 rings (SSSR count). The molecule has 3 aromatic rings. The lowest BCUT2D eigenvalue weighted by Gasteiger charge is -2.12. The molecular formula is C19H19N3O3. The maximum absolute atomic E-state index is 12.1. The highest BCUT2D eigenvalue weighted by Crippen LogP contribution is 2.23. The minimum atomic E-state index is -0.300. The summed E-state index contributed by atoms with van der Waals surface area (Å²) in [6.07, 6.45) is 4.98. The van der Waals surface area contributed by atoms with Gasteiger partial charge in [-0.1, -0.05) is 18.2 Å². The standard InChI is InChI=1S/C19H19N3O3/c1-2-25-18-6-4-3-5-17(18)22-19(23)21-12-14-7-8-16(20-11-14)15-9-10-24-13-15/h3-11,13H,2,12H2,1H3,(H2,21,22,23).